The zero-order chi connectivity index (χ0) is 21.1. The summed E-state index contributed by atoms with van der Waals surface area (Å²) in [6.45, 7) is 0. The maximum Gasteiger partial charge on any atom is 0.269 e. The maximum atomic E-state index is 12.7. The minimum Gasteiger partial charge on any atom is -0.298 e. The Morgan fingerprint density at radius 3 is 2.67 bits per heavy atom. The van der Waals surface area contributed by atoms with Crippen LogP contribution in [-0.2, 0) is 0 Å². The van der Waals surface area contributed by atoms with E-state index in [1.54, 1.807) is 30.0 Å². The minimum atomic E-state index is -0.412. The third-order valence-electron chi connectivity index (χ3n) is 4.30. The van der Waals surface area contributed by atoms with E-state index in [0.29, 0.717) is 16.4 Å². The summed E-state index contributed by atoms with van der Waals surface area (Å²) in [7, 11) is 0. The quantitative estimate of drug-likeness (QED) is 0.466. The van der Waals surface area contributed by atoms with Crippen molar-refractivity contribution < 1.29 is 4.79 Å². The van der Waals surface area contributed by atoms with Gasteiger partial charge in [0.1, 0.15) is 0 Å². The van der Waals surface area contributed by atoms with E-state index < -0.39 is 11.1 Å². The van der Waals surface area contributed by atoms with Gasteiger partial charge in [0, 0.05) is 33.5 Å². The lowest BCUT2D eigenvalue weighted by molar-refractivity contribution is 0.102. The van der Waals surface area contributed by atoms with Crippen LogP contribution < -0.4 is 16.4 Å². The molecule has 0 saturated carbocycles. The number of anilines is 1. The van der Waals surface area contributed by atoms with Gasteiger partial charge < -0.3 is 0 Å². The molecule has 7 nitrogen and oxygen atoms in total. The van der Waals surface area contributed by atoms with Crippen molar-refractivity contribution in [3.05, 3.63) is 92.3 Å². The van der Waals surface area contributed by atoms with Crippen LogP contribution in [0.2, 0.25) is 0 Å². The number of carbonyl (C=O) groups excluding carboxylic acids is 1. The predicted molar refractivity (Wildman–Crippen MR) is 120 cm³/mol. The number of amides is 1. The van der Waals surface area contributed by atoms with Crippen LogP contribution in [0.15, 0.2) is 80.5 Å². The summed E-state index contributed by atoms with van der Waals surface area (Å²) in [6.07, 6.45) is 2.02. The van der Waals surface area contributed by atoms with Gasteiger partial charge in [-0.25, -0.2) is 9.67 Å². The molecule has 2 N–H and O–H groups in total. The number of nitrogens with one attached hydrogen (secondary N) is 2. The van der Waals surface area contributed by atoms with E-state index in [1.165, 1.54) is 28.4 Å². The molecule has 0 saturated heterocycles. The fraction of sp³-hybridized carbons (Fsp3) is 0.0476. The molecule has 150 valence electrons. The van der Waals surface area contributed by atoms with Crippen molar-refractivity contribution in [3.63, 3.8) is 0 Å². The van der Waals surface area contributed by atoms with Crippen LogP contribution in [0, 0.1) is 0 Å². The Morgan fingerprint density at radius 1 is 1.10 bits per heavy atom. The number of hydrogen-bond acceptors (Lipinski definition) is 6. The standard InChI is InChI=1S/C21H16N4O3S2/c1-29-16-7-5-13(6-8-16)17-12-30-21(22-17)23-20(28)14-3-2-4-15(11-14)25-19(27)10-9-18(26)24-25/h2-12H,1H3,(H,24,26)(H,22,23,28). The van der Waals surface area contributed by atoms with Gasteiger partial charge in [0.25, 0.3) is 17.0 Å². The van der Waals surface area contributed by atoms with Crippen molar-refractivity contribution in [2.45, 2.75) is 4.90 Å². The Labute approximate surface area is 179 Å². The van der Waals surface area contributed by atoms with Gasteiger partial charge >= 0.3 is 0 Å². The second kappa shape index (κ2) is 8.52. The van der Waals surface area contributed by atoms with Gasteiger partial charge in [-0.15, -0.1) is 23.1 Å². The van der Waals surface area contributed by atoms with Crippen LogP contribution in [0.5, 0.6) is 0 Å². The number of carbonyl (C=O) groups is 1. The van der Waals surface area contributed by atoms with Crippen LogP contribution in [-0.4, -0.2) is 26.9 Å². The van der Waals surface area contributed by atoms with Gasteiger partial charge in [0.2, 0.25) is 0 Å². The van der Waals surface area contributed by atoms with Crippen molar-refractivity contribution in [2.75, 3.05) is 11.6 Å². The van der Waals surface area contributed by atoms with Crippen LogP contribution in [0.3, 0.4) is 0 Å². The average Bonchev–Trinajstić information content (AvgIpc) is 3.24. The first-order chi connectivity index (χ1) is 14.5. The van der Waals surface area contributed by atoms with E-state index in [1.807, 2.05) is 35.9 Å². The molecule has 4 rings (SSSR count). The molecule has 0 unspecified atom stereocenters. The Morgan fingerprint density at radius 2 is 1.90 bits per heavy atom. The highest BCUT2D eigenvalue weighted by Gasteiger charge is 2.12. The first kappa shape index (κ1) is 19.9. The molecule has 0 atom stereocenters. The molecule has 2 aromatic heterocycles. The van der Waals surface area contributed by atoms with E-state index in [4.69, 9.17) is 0 Å². The fourth-order valence-corrected chi connectivity index (χ4v) is 3.92. The van der Waals surface area contributed by atoms with Crippen molar-refractivity contribution in [1.29, 1.82) is 0 Å². The Kier molecular flexibility index (Phi) is 5.64. The first-order valence-corrected chi connectivity index (χ1v) is 11.0. The Bertz CT molecular complexity index is 1320. The van der Waals surface area contributed by atoms with Gasteiger partial charge in [-0.2, -0.15) is 0 Å². The molecular formula is C21H16N4O3S2. The number of hydrogen-bond donors (Lipinski definition) is 2. The van der Waals surface area contributed by atoms with Crippen molar-refractivity contribution in [3.8, 4) is 16.9 Å². The number of nitrogens with zero attached hydrogens (tertiary/aromatic N) is 2. The third-order valence-corrected chi connectivity index (χ3v) is 5.80. The monoisotopic (exact) mass is 436 g/mol. The third kappa shape index (κ3) is 4.27. The number of H-pyrrole nitrogens is 1. The van der Waals surface area contributed by atoms with Crippen LogP contribution in [0.25, 0.3) is 16.9 Å². The average molecular weight is 437 g/mol. The predicted octanol–water partition coefficient (Wildman–Crippen LogP) is 3.62. The van der Waals surface area contributed by atoms with E-state index in [9.17, 15) is 14.4 Å². The molecule has 0 aliphatic rings. The maximum absolute atomic E-state index is 12.7. The molecule has 1 amide bonds. The summed E-state index contributed by atoms with van der Waals surface area (Å²) in [6, 6.07) is 16.8. The molecule has 30 heavy (non-hydrogen) atoms. The first-order valence-electron chi connectivity index (χ1n) is 8.87. The number of thioether (sulfide) groups is 1. The molecule has 0 bridgehead atoms. The lowest BCUT2D eigenvalue weighted by Crippen LogP contribution is -2.26. The smallest absolute Gasteiger partial charge is 0.269 e. The number of benzene rings is 2. The topological polar surface area (TPSA) is 96.9 Å². The lowest BCUT2D eigenvalue weighted by atomic mass is 10.2. The fourth-order valence-electron chi connectivity index (χ4n) is 2.80. The highest BCUT2D eigenvalue weighted by molar-refractivity contribution is 7.98. The minimum absolute atomic E-state index is 0.338. The summed E-state index contributed by atoms with van der Waals surface area (Å²) in [4.78, 5) is 41.9. The zero-order valence-electron chi connectivity index (χ0n) is 15.8. The second-order valence-electron chi connectivity index (χ2n) is 6.25. The van der Waals surface area contributed by atoms with E-state index in [-0.39, 0.29) is 5.91 Å². The van der Waals surface area contributed by atoms with Crippen LogP contribution >= 0.6 is 23.1 Å². The molecule has 0 fully saturated rings. The molecule has 9 heteroatoms. The molecule has 0 aliphatic carbocycles. The normalized spacial score (nSPS) is 10.7. The summed E-state index contributed by atoms with van der Waals surface area (Å²) in [5, 5.41) is 7.58. The number of rotatable bonds is 5. The number of aromatic nitrogens is 3. The van der Waals surface area contributed by atoms with E-state index >= 15 is 0 Å². The molecular weight excluding hydrogens is 420 g/mol. The van der Waals surface area contributed by atoms with E-state index in [2.05, 4.69) is 15.4 Å². The number of thiazole rings is 1. The zero-order valence-corrected chi connectivity index (χ0v) is 17.4. The van der Waals surface area contributed by atoms with Crippen LogP contribution in [0.4, 0.5) is 5.13 Å². The highest BCUT2D eigenvalue weighted by atomic mass is 32.2. The van der Waals surface area contributed by atoms with Gasteiger partial charge in [0.05, 0.1) is 11.4 Å². The molecule has 0 aliphatic heterocycles. The molecule has 0 spiro atoms. The van der Waals surface area contributed by atoms with Gasteiger partial charge in [-0.1, -0.05) is 18.2 Å². The SMILES string of the molecule is CSc1ccc(-c2csc(NC(=O)c3cccc(-n4[nH]c(=O)ccc4=O)c3)n2)cc1. The van der Waals surface area contributed by atoms with Crippen LogP contribution in [0.1, 0.15) is 10.4 Å². The lowest BCUT2D eigenvalue weighted by Gasteiger charge is -2.07. The van der Waals surface area contributed by atoms with Crippen molar-refractivity contribution in [2.24, 2.45) is 0 Å². The largest absolute Gasteiger partial charge is 0.298 e. The molecule has 4 aromatic rings. The molecule has 0 radical (unpaired) electrons. The molecule has 2 heterocycles. The molecule has 2 aromatic carbocycles. The number of aromatic amines is 1. The summed E-state index contributed by atoms with van der Waals surface area (Å²) in [5.74, 6) is -0.359. The van der Waals surface area contributed by atoms with Crippen molar-refractivity contribution in [1.82, 2.24) is 14.8 Å². The summed E-state index contributed by atoms with van der Waals surface area (Å²) < 4.78 is 1.10. The second-order valence-corrected chi connectivity index (χ2v) is 7.99. The Hall–Kier alpha value is -3.43. The van der Waals surface area contributed by atoms with E-state index in [0.717, 1.165) is 22.0 Å². The summed E-state index contributed by atoms with van der Waals surface area (Å²) >= 11 is 3.00. The van der Waals surface area contributed by atoms with Gasteiger partial charge in [0.15, 0.2) is 5.13 Å². The van der Waals surface area contributed by atoms with Gasteiger partial charge in [-0.05, 0) is 36.6 Å². The highest BCUT2D eigenvalue weighted by Crippen LogP contribution is 2.27. The van der Waals surface area contributed by atoms with Crippen molar-refractivity contribution >= 4 is 34.1 Å². The Balaban J connectivity index is 1.55. The summed E-state index contributed by atoms with van der Waals surface area (Å²) in [5.41, 5.74) is 1.67. The van der Waals surface area contributed by atoms with Gasteiger partial charge in [-0.3, -0.25) is 24.8 Å².